The number of hydrogen-bond donors (Lipinski definition) is 3. The van der Waals surface area contributed by atoms with Crippen LogP contribution < -0.4 is 0 Å². The summed E-state index contributed by atoms with van der Waals surface area (Å²) in [5.74, 6) is -0.983. The number of carbonyl (C=O) groups is 2. The summed E-state index contributed by atoms with van der Waals surface area (Å²) in [6.07, 6.45) is 39.3. The molecule has 0 aromatic carbocycles. The molecule has 0 aromatic heterocycles. The average Bonchev–Trinajstić information content (AvgIpc) is 3.05. The summed E-state index contributed by atoms with van der Waals surface area (Å²) in [6.45, 7) is 3.14. The van der Waals surface area contributed by atoms with Gasteiger partial charge < -0.3 is 24.4 Å². The standard InChI is InChI=1S/C39H67O9P/c1-3-4-5-6-7-8-9-13-17-20-23-26-29-32-38(41)46-34-37(35-47-49(43,44)45)48-39(42)33-30-27-24-21-18-15-12-10-11-14-16-19-22-25-28-31-36(2)40/h8-9,11-12,14-15,19,21-22,24,36-37,40H,3-7,10,13,16-18,20,23,25-35H2,1-2H3,(H2,43,44,45)/b9-8-,14-11-,15-12-,22-19-,24-21-/t36-,37+/m0/s1. The Morgan fingerprint density at radius 1 is 0.612 bits per heavy atom. The molecule has 0 saturated heterocycles. The molecule has 0 bridgehead atoms. The number of allylic oxidation sites excluding steroid dienone is 10. The van der Waals surface area contributed by atoms with Crippen molar-refractivity contribution in [2.24, 2.45) is 0 Å². The van der Waals surface area contributed by atoms with Crippen LogP contribution in [0.15, 0.2) is 60.8 Å². The van der Waals surface area contributed by atoms with Crippen LogP contribution in [0.5, 0.6) is 0 Å². The van der Waals surface area contributed by atoms with E-state index in [4.69, 9.17) is 19.3 Å². The van der Waals surface area contributed by atoms with Crippen LogP contribution in [0.4, 0.5) is 0 Å². The van der Waals surface area contributed by atoms with Gasteiger partial charge >= 0.3 is 19.8 Å². The first kappa shape index (κ1) is 46.7. The smallest absolute Gasteiger partial charge is 0.462 e. The van der Waals surface area contributed by atoms with Gasteiger partial charge in [0.25, 0.3) is 0 Å². The maximum absolute atomic E-state index is 12.3. The van der Waals surface area contributed by atoms with E-state index in [0.29, 0.717) is 19.3 Å². The van der Waals surface area contributed by atoms with Gasteiger partial charge in [-0.3, -0.25) is 14.1 Å². The Morgan fingerprint density at radius 3 is 1.65 bits per heavy atom. The van der Waals surface area contributed by atoms with Crippen molar-refractivity contribution >= 4 is 19.8 Å². The number of ether oxygens (including phenoxy) is 2. The van der Waals surface area contributed by atoms with Crippen molar-refractivity contribution in [2.75, 3.05) is 13.2 Å². The first-order chi connectivity index (χ1) is 23.6. The number of carbonyl (C=O) groups excluding carboxylic acids is 2. The lowest BCUT2D eigenvalue weighted by Crippen LogP contribution is -2.29. The second kappa shape index (κ2) is 34.2. The molecule has 0 aliphatic rings. The number of phosphoric ester groups is 1. The van der Waals surface area contributed by atoms with Crippen LogP contribution in [0, 0.1) is 0 Å². The van der Waals surface area contributed by atoms with Crippen molar-refractivity contribution in [3.63, 3.8) is 0 Å². The lowest BCUT2D eigenvalue weighted by molar-refractivity contribution is -0.161. The van der Waals surface area contributed by atoms with Gasteiger partial charge in [0.05, 0.1) is 12.7 Å². The molecule has 10 heteroatoms. The lowest BCUT2D eigenvalue weighted by Gasteiger charge is -2.18. The van der Waals surface area contributed by atoms with Crippen LogP contribution in [-0.4, -0.2) is 52.3 Å². The molecule has 0 aromatic rings. The highest BCUT2D eigenvalue weighted by atomic mass is 31.2. The molecule has 0 fully saturated rings. The van der Waals surface area contributed by atoms with E-state index in [-0.39, 0.29) is 25.6 Å². The fraction of sp³-hybridized carbons (Fsp3) is 0.692. The number of phosphoric acid groups is 1. The van der Waals surface area contributed by atoms with Gasteiger partial charge in [-0.25, -0.2) is 4.57 Å². The number of hydrogen-bond acceptors (Lipinski definition) is 7. The minimum Gasteiger partial charge on any atom is -0.462 e. The van der Waals surface area contributed by atoms with Crippen LogP contribution in [0.2, 0.25) is 0 Å². The normalized spacial score (nSPS) is 13.8. The molecule has 0 rings (SSSR count). The van der Waals surface area contributed by atoms with Gasteiger partial charge in [0.2, 0.25) is 0 Å². The summed E-state index contributed by atoms with van der Waals surface area (Å²) in [6, 6.07) is 0. The molecule has 0 aliphatic heterocycles. The molecule has 0 amide bonds. The van der Waals surface area contributed by atoms with Crippen molar-refractivity contribution in [2.45, 2.75) is 161 Å². The largest absolute Gasteiger partial charge is 0.469 e. The van der Waals surface area contributed by atoms with Crippen LogP contribution in [-0.2, 0) is 28.2 Å². The zero-order valence-electron chi connectivity index (χ0n) is 30.4. The molecule has 2 atom stereocenters. The maximum atomic E-state index is 12.3. The molecular weight excluding hydrogens is 643 g/mol. The third-order valence-corrected chi connectivity index (χ3v) is 8.01. The molecule has 49 heavy (non-hydrogen) atoms. The van der Waals surface area contributed by atoms with E-state index >= 15 is 0 Å². The summed E-state index contributed by atoms with van der Waals surface area (Å²) in [5.41, 5.74) is 0. The Kier molecular flexibility index (Phi) is 32.6. The van der Waals surface area contributed by atoms with E-state index in [1.807, 2.05) is 19.1 Å². The SMILES string of the molecule is CCCCCC/C=C\CCCCCCCC(=O)OC[C@H](COP(=O)(O)O)OC(=O)CCC/C=C\C/C=C\C/C=C\C/C=C\CCC[C@H](C)O. The summed E-state index contributed by atoms with van der Waals surface area (Å²) in [4.78, 5) is 42.6. The minimum atomic E-state index is -4.78. The van der Waals surface area contributed by atoms with Gasteiger partial charge in [0.15, 0.2) is 6.10 Å². The molecule has 0 saturated carbocycles. The minimum absolute atomic E-state index is 0.120. The predicted molar refractivity (Wildman–Crippen MR) is 199 cm³/mol. The molecule has 0 spiro atoms. The Hall–Kier alpha value is -2.29. The first-order valence-electron chi connectivity index (χ1n) is 18.6. The highest BCUT2D eigenvalue weighted by Crippen LogP contribution is 2.35. The zero-order chi connectivity index (χ0) is 36.3. The van der Waals surface area contributed by atoms with Gasteiger partial charge in [-0.15, -0.1) is 0 Å². The molecule has 0 radical (unpaired) electrons. The Labute approximate surface area is 297 Å². The molecule has 3 N–H and O–H groups in total. The molecule has 0 heterocycles. The number of rotatable bonds is 33. The number of aliphatic hydroxyl groups excluding tert-OH is 1. The van der Waals surface area contributed by atoms with E-state index in [1.54, 1.807) is 0 Å². The Morgan fingerprint density at radius 2 is 1.08 bits per heavy atom. The second-order valence-electron chi connectivity index (χ2n) is 12.5. The van der Waals surface area contributed by atoms with Crippen molar-refractivity contribution in [1.82, 2.24) is 0 Å². The molecule has 0 aliphatic carbocycles. The quantitative estimate of drug-likeness (QED) is 0.0263. The van der Waals surface area contributed by atoms with Crippen LogP contribution >= 0.6 is 7.82 Å². The van der Waals surface area contributed by atoms with Crippen molar-refractivity contribution in [1.29, 1.82) is 0 Å². The summed E-state index contributed by atoms with van der Waals surface area (Å²) < 4.78 is 26.2. The highest BCUT2D eigenvalue weighted by Gasteiger charge is 2.22. The monoisotopic (exact) mass is 710 g/mol. The maximum Gasteiger partial charge on any atom is 0.469 e. The number of unbranched alkanes of at least 4 members (excludes halogenated alkanes) is 11. The van der Waals surface area contributed by atoms with E-state index in [0.717, 1.165) is 77.0 Å². The van der Waals surface area contributed by atoms with Gasteiger partial charge in [-0.05, 0) is 90.4 Å². The highest BCUT2D eigenvalue weighted by molar-refractivity contribution is 7.46. The van der Waals surface area contributed by atoms with Crippen LogP contribution in [0.25, 0.3) is 0 Å². The molecule has 0 unspecified atom stereocenters. The molecular formula is C39H67O9P. The van der Waals surface area contributed by atoms with Gasteiger partial charge in [-0.2, -0.15) is 0 Å². The van der Waals surface area contributed by atoms with E-state index in [2.05, 4.69) is 60.1 Å². The Bertz CT molecular complexity index is 994. The first-order valence-corrected chi connectivity index (χ1v) is 20.1. The summed E-state index contributed by atoms with van der Waals surface area (Å²) in [7, 11) is -4.78. The average molecular weight is 711 g/mol. The third-order valence-electron chi connectivity index (χ3n) is 7.53. The van der Waals surface area contributed by atoms with Crippen LogP contribution in [0.1, 0.15) is 149 Å². The van der Waals surface area contributed by atoms with Crippen molar-refractivity contribution < 1.29 is 43.0 Å². The third kappa shape index (κ3) is 38.4. The molecule has 9 nitrogen and oxygen atoms in total. The van der Waals surface area contributed by atoms with Gasteiger partial charge in [0, 0.05) is 12.8 Å². The fourth-order valence-corrected chi connectivity index (χ4v) is 5.09. The van der Waals surface area contributed by atoms with E-state index in [9.17, 15) is 19.3 Å². The number of esters is 2. The second-order valence-corrected chi connectivity index (χ2v) is 13.7. The fourth-order valence-electron chi connectivity index (χ4n) is 4.73. The summed E-state index contributed by atoms with van der Waals surface area (Å²) >= 11 is 0. The van der Waals surface area contributed by atoms with Crippen molar-refractivity contribution in [3.05, 3.63) is 60.8 Å². The lowest BCUT2D eigenvalue weighted by atomic mass is 10.1. The summed E-state index contributed by atoms with van der Waals surface area (Å²) in [5, 5.41) is 9.24. The van der Waals surface area contributed by atoms with E-state index < -0.39 is 32.5 Å². The Balaban J connectivity index is 4.11. The number of aliphatic hydroxyl groups is 1. The molecule has 282 valence electrons. The van der Waals surface area contributed by atoms with Gasteiger partial charge in [-0.1, -0.05) is 106 Å². The topological polar surface area (TPSA) is 140 Å². The zero-order valence-corrected chi connectivity index (χ0v) is 31.3. The van der Waals surface area contributed by atoms with E-state index in [1.165, 1.54) is 25.7 Å². The van der Waals surface area contributed by atoms with Crippen LogP contribution in [0.3, 0.4) is 0 Å². The van der Waals surface area contributed by atoms with Gasteiger partial charge in [0.1, 0.15) is 6.61 Å². The van der Waals surface area contributed by atoms with Crippen molar-refractivity contribution in [3.8, 4) is 0 Å². The predicted octanol–water partition coefficient (Wildman–Crippen LogP) is 9.92.